The predicted octanol–water partition coefficient (Wildman–Crippen LogP) is 3.33. The fourth-order valence-corrected chi connectivity index (χ4v) is 3.30. The Morgan fingerprint density at radius 3 is 2.45 bits per heavy atom. The van der Waals surface area contributed by atoms with E-state index >= 15 is 0 Å². The van der Waals surface area contributed by atoms with Gasteiger partial charge in [0.15, 0.2) is 0 Å². The second-order valence-corrected chi connectivity index (χ2v) is 7.20. The van der Waals surface area contributed by atoms with Crippen LogP contribution in [0.4, 0.5) is 0 Å². The van der Waals surface area contributed by atoms with Gasteiger partial charge in [-0.1, -0.05) is 46.5 Å². The van der Waals surface area contributed by atoms with E-state index in [4.69, 9.17) is 5.73 Å². The first-order valence-electron chi connectivity index (χ1n) is 8.48. The van der Waals surface area contributed by atoms with Gasteiger partial charge in [0.25, 0.3) is 0 Å². The van der Waals surface area contributed by atoms with Gasteiger partial charge in [0.05, 0.1) is 0 Å². The molecule has 0 saturated heterocycles. The summed E-state index contributed by atoms with van der Waals surface area (Å²) in [5.41, 5.74) is 5.75. The lowest BCUT2D eigenvalue weighted by atomic mass is 9.81. The van der Waals surface area contributed by atoms with Crippen LogP contribution in [0, 0.1) is 23.7 Å². The van der Waals surface area contributed by atoms with Crippen molar-refractivity contribution in [3.8, 4) is 0 Å². The second kappa shape index (κ2) is 9.38. The molecule has 1 fully saturated rings. The number of carbonyl (C=O) groups is 1. The Balaban J connectivity index is 2.13. The van der Waals surface area contributed by atoms with E-state index < -0.39 is 0 Å². The Bertz CT molecular complexity index is 270. The molecule has 0 aromatic carbocycles. The molecule has 0 aliphatic heterocycles. The lowest BCUT2D eigenvalue weighted by Crippen LogP contribution is -2.30. The Morgan fingerprint density at radius 1 is 1.25 bits per heavy atom. The minimum Gasteiger partial charge on any atom is -0.356 e. The zero-order valence-electron chi connectivity index (χ0n) is 13.7. The van der Waals surface area contributed by atoms with Gasteiger partial charge in [-0.3, -0.25) is 4.79 Å². The van der Waals surface area contributed by atoms with Crippen LogP contribution in [0.3, 0.4) is 0 Å². The maximum absolute atomic E-state index is 11.9. The molecule has 3 nitrogen and oxygen atoms in total. The average Bonchev–Trinajstić information content (AvgIpc) is 2.39. The molecule has 1 aliphatic rings. The first-order valence-corrected chi connectivity index (χ1v) is 8.48. The van der Waals surface area contributed by atoms with Crippen molar-refractivity contribution in [1.29, 1.82) is 0 Å². The zero-order valence-corrected chi connectivity index (χ0v) is 13.7. The van der Waals surface area contributed by atoms with Crippen molar-refractivity contribution < 1.29 is 4.79 Å². The highest BCUT2D eigenvalue weighted by molar-refractivity contribution is 5.76. The highest BCUT2D eigenvalue weighted by atomic mass is 16.1. The van der Waals surface area contributed by atoms with Gasteiger partial charge in [-0.15, -0.1) is 0 Å². The van der Waals surface area contributed by atoms with Gasteiger partial charge in [-0.2, -0.15) is 0 Å². The number of nitrogens with two attached hydrogens (primary N) is 1. The van der Waals surface area contributed by atoms with E-state index in [2.05, 4.69) is 26.1 Å². The molecule has 0 aromatic heterocycles. The highest BCUT2D eigenvalue weighted by Crippen LogP contribution is 2.29. The Morgan fingerprint density at radius 2 is 1.90 bits per heavy atom. The number of nitrogens with one attached hydrogen (secondary N) is 1. The highest BCUT2D eigenvalue weighted by Gasteiger charge is 2.18. The quantitative estimate of drug-likeness (QED) is 0.717. The molecule has 118 valence electrons. The van der Waals surface area contributed by atoms with Crippen molar-refractivity contribution in [2.24, 2.45) is 29.4 Å². The molecule has 1 unspecified atom stereocenters. The molecule has 1 rings (SSSR count). The van der Waals surface area contributed by atoms with Crippen molar-refractivity contribution >= 4 is 5.91 Å². The molecular formula is C17H34N2O. The van der Waals surface area contributed by atoms with Gasteiger partial charge in [0.1, 0.15) is 0 Å². The van der Waals surface area contributed by atoms with Crippen molar-refractivity contribution in [2.45, 2.75) is 65.7 Å². The molecule has 1 aliphatic carbocycles. The monoisotopic (exact) mass is 282 g/mol. The van der Waals surface area contributed by atoms with Gasteiger partial charge in [-0.25, -0.2) is 0 Å². The van der Waals surface area contributed by atoms with Crippen LogP contribution in [0.2, 0.25) is 0 Å². The van der Waals surface area contributed by atoms with E-state index in [0.717, 1.165) is 31.2 Å². The van der Waals surface area contributed by atoms with Crippen LogP contribution in [0.25, 0.3) is 0 Å². The van der Waals surface area contributed by atoms with E-state index in [1.807, 2.05) is 0 Å². The van der Waals surface area contributed by atoms with Crippen molar-refractivity contribution in [1.82, 2.24) is 5.32 Å². The molecule has 0 radical (unpaired) electrons. The summed E-state index contributed by atoms with van der Waals surface area (Å²) in [6.07, 6.45) is 8.20. The first-order chi connectivity index (χ1) is 9.51. The SMILES string of the molecule is CC(C)CC(CN)CC(=O)NCCC1CCC(C)CC1. The van der Waals surface area contributed by atoms with Gasteiger partial charge < -0.3 is 11.1 Å². The largest absolute Gasteiger partial charge is 0.356 e. The summed E-state index contributed by atoms with van der Waals surface area (Å²) in [5, 5.41) is 3.08. The third-order valence-corrected chi connectivity index (χ3v) is 4.62. The van der Waals surface area contributed by atoms with Crippen LogP contribution < -0.4 is 11.1 Å². The molecular weight excluding hydrogens is 248 g/mol. The molecule has 0 bridgehead atoms. The molecule has 0 spiro atoms. The zero-order chi connectivity index (χ0) is 15.0. The maximum atomic E-state index is 11.9. The Labute approximate surface area is 125 Å². The fraction of sp³-hybridized carbons (Fsp3) is 0.941. The molecule has 1 saturated carbocycles. The van der Waals surface area contributed by atoms with Crippen molar-refractivity contribution in [3.05, 3.63) is 0 Å². The number of hydrogen-bond acceptors (Lipinski definition) is 2. The minimum atomic E-state index is 0.185. The number of rotatable bonds is 8. The number of amides is 1. The maximum Gasteiger partial charge on any atom is 0.220 e. The molecule has 20 heavy (non-hydrogen) atoms. The molecule has 3 N–H and O–H groups in total. The van der Waals surface area contributed by atoms with Gasteiger partial charge in [0, 0.05) is 13.0 Å². The van der Waals surface area contributed by atoms with E-state index in [-0.39, 0.29) is 5.91 Å². The summed E-state index contributed by atoms with van der Waals surface area (Å²) in [6.45, 7) is 8.18. The van der Waals surface area contributed by atoms with Gasteiger partial charge >= 0.3 is 0 Å². The summed E-state index contributed by atoms with van der Waals surface area (Å²) in [5.74, 6) is 2.87. The third-order valence-electron chi connectivity index (χ3n) is 4.62. The normalized spacial score (nSPS) is 24.6. The van der Waals surface area contributed by atoms with Crippen molar-refractivity contribution in [2.75, 3.05) is 13.1 Å². The van der Waals surface area contributed by atoms with E-state index in [1.165, 1.54) is 25.7 Å². The lowest BCUT2D eigenvalue weighted by molar-refractivity contribution is -0.122. The number of hydrogen-bond donors (Lipinski definition) is 2. The Hall–Kier alpha value is -0.570. The van der Waals surface area contributed by atoms with Gasteiger partial charge in [0.2, 0.25) is 5.91 Å². The molecule has 1 amide bonds. The molecule has 1 atom stereocenters. The summed E-state index contributed by atoms with van der Waals surface area (Å²) < 4.78 is 0. The van der Waals surface area contributed by atoms with Crippen LogP contribution in [0.5, 0.6) is 0 Å². The third kappa shape index (κ3) is 7.28. The molecule has 3 heteroatoms. The van der Waals surface area contributed by atoms with Crippen LogP contribution >= 0.6 is 0 Å². The van der Waals surface area contributed by atoms with E-state index in [1.54, 1.807) is 0 Å². The fourth-order valence-electron chi connectivity index (χ4n) is 3.30. The lowest BCUT2D eigenvalue weighted by Gasteiger charge is -2.26. The van der Waals surface area contributed by atoms with Crippen LogP contribution in [0.15, 0.2) is 0 Å². The van der Waals surface area contributed by atoms with Crippen LogP contribution in [0.1, 0.15) is 65.7 Å². The first kappa shape index (κ1) is 17.5. The summed E-state index contributed by atoms with van der Waals surface area (Å²) in [6, 6.07) is 0. The molecule has 0 heterocycles. The van der Waals surface area contributed by atoms with Crippen LogP contribution in [-0.4, -0.2) is 19.0 Å². The second-order valence-electron chi connectivity index (χ2n) is 7.20. The minimum absolute atomic E-state index is 0.185. The summed E-state index contributed by atoms with van der Waals surface area (Å²) in [7, 11) is 0. The molecule has 0 aromatic rings. The standard InChI is InChI=1S/C17H34N2O/c1-13(2)10-16(12-18)11-17(20)19-9-8-15-6-4-14(3)5-7-15/h13-16H,4-12,18H2,1-3H3,(H,19,20). The summed E-state index contributed by atoms with van der Waals surface area (Å²) in [4.78, 5) is 11.9. The van der Waals surface area contributed by atoms with Crippen LogP contribution in [-0.2, 0) is 4.79 Å². The average molecular weight is 282 g/mol. The van der Waals surface area contributed by atoms with Gasteiger partial charge in [-0.05, 0) is 43.1 Å². The van der Waals surface area contributed by atoms with E-state index in [0.29, 0.717) is 24.8 Å². The Kier molecular flexibility index (Phi) is 8.20. The van der Waals surface area contributed by atoms with E-state index in [9.17, 15) is 4.79 Å². The van der Waals surface area contributed by atoms with Crippen molar-refractivity contribution in [3.63, 3.8) is 0 Å². The summed E-state index contributed by atoms with van der Waals surface area (Å²) >= 11 is 0. The predicted molar refractivity (Wildman–Crippen MR) is 85.4 cm³/mol. The topological polar surface area (TPSA) is 55.1 Å². The number of carbonyl (C=O) groups excluding carboxylic acids is 1. The smallest absolute Gasteiger partial charge is 0.220 e.